The van der Waals surface area contributed by atoms with Gasteiger partial charge in [-0.05, 0) is 41.8 Å². The van der Waals surface area contributed by atoms with Crippen LogP contribution in [0, 0.1) is 48.1 Å². The molecular weight excluding hydrogens is 766 g/mol. The van der Waals surface area contributed by atoms with Gasteiger partial charge in [-0.2, -0.15) is 17.2 Å². The van der Waals surface area contributed by atoms with Gasteiger partial charge < -0.3 is 9.30 Å². The SMILES string of the molecule is Cc1ccnc(-n2c3[c-]c(Oc4[c-]c(-n5nc(C(C)(C)C)c(-c6c(F)c(F)c(F)c(F)c6F)c5C(C)(C)C)ccc4)ccc3c3ccccc32)c1.[Pd+2]. The zero-order valence-corrected chi connectivity index (χ0v) is 30.9. The standard InChI is InChI=1S/C41H33F5N4O.Pd/c1-22-17-18-47-30(19-22)49-28-14-9-8-13-26(28)27-16-15-25(21-29(27)49)51-24-12-10-11-23(20-24)50-39(41(5,6)7)32(38(48-50)40(2,3)4)31-33(42)35(44)37(46)36(45)34(31)43;/h8-19H,1-7H3;/q-2;+2. The molecule has 0 N–H and O–H groups in total. The first-order valence-corrected chi connectivity index (χ1v) is 16.3. The number of halogens is 5. The summed E-state index contributed by atoms with van der Waals surface area (Å²) in [6, 6.07) is 27.4. The number of hydrogen-bond acceptors (Lipinski definition) is 3. The molecule has 4 aromatic carbocycles. The molecular formula is C41H33F5N4OPd. The fraction of sp³-hybridized carbons (Fsp3) is 0.220. The number of pyridine rings is 1. The van der Waals surface area contributed by atoms with Gasteiger partial charge in [-0.3, -0.25) is 4.68 Å². The van der Waals surface area contributed by atoms with E-state index in [2.05, 4.69) is 17.1 Å². The number of aryl methyl sites for hydroxylation is 1. The minimum absolute atomic E-state index is 0. The van der Waals surface area contributed by atoms with E-state index in [1.165, 1.54) is 4.68 Å². The third kappa shape index (κ3) is 6.20. The predicted octanol–water partition coefficient (Wildman–Crippen LogP) is 11.0. The van der Waals surface area contributed by atoms with Gasteiger partial charge in [0, 0.05) is 39.6 Å². The number of fused-ring (bicyclic) bond motifs is 3. The van der Waals surface area contributed by atoms with Crippen LogP contribution in [-0.2, 0) is 31.3 Å². The predicted molar refractivity (Wildman–Crippen MR) is 187 cm³/mol. The van der Waals surface area contributed by atoms with Gasteiger partial charge in [-0.15, -0.1) is 35.7 Å². The van der Waals surface area contributed by atoms with Crippen LogP contribution < -0.4 is 4.74 Å². The topological polar surface area (TPSA) is 44.9 Å². The van der Waals surface area contributed by atoms with Gasteiger partial charge >= 0.3 is 20.4 Å². The van der Waals surface area contributed by atoms with E-state index in [-0.39, 0.29) is 43.1 Å². The summed E-state index contributed by atoms with van der Waals surface area (Å²) in [4.78, 5) is 4.62. The molecule has 5 nitrogen and oxygen atoms in total. The zero-order chi connectivity index (χ0) is 36.6. The zero-order valence-electron chi connectivity index (χ0n) is 29.3. The second-order valence-corrected chi connectivity index (χ2v) is 14.6. The van der Waals surface area contributed by atoms with Gasteiger partial charge in [0.1, 0.15) is 5.82 Å². The molecule has 0 bridgehead atoms. The Morgan fingerprint density at radius 1 is 0.673 bits per heavy atom. The first-order chi connectivity index (χ1) is 24.1. The van der Waals surface area contributed by atoms with E-state index in [0.29, 0.717) is 11.4 Å². The largest absolute Gasteiger partial charge is 2.00 e. The van der Waals surface area contributed by atoms with Crippen LogP contribution in [0.4, 0.5) is 22.0 Å². The fourth-order valence-corrected chi connectivity index (χ4v) is 6.42. The van der Waals surface area contributed by atoms with Crippen LogP contribution in [-0.4, -0.2) is 19.3 Å². The quantitative estimate of drug-likeness (QED) is 0.0573. The van der Waals surface area contributed by atoms with Crippen molar-refractivity contribution in [3.63, 3.8) is 0 Å². The molecule has 7 aromatic rings. The molecule has 0 unspecified atom stereocenters. The average Bonchev–Trinajstić information content (AvgIpc) is 3.64. The molecule has 0 aliphatic rings. The third-order valence-electron chi connectivity index (χ3n) is 8.65. The molecule has 0 spiro atoms. The maximum absolute atomic E-state index is 15.5. The van der Waals surface area contributed by atoms with Crippen molar-refractivity contribution in [1.82, 2.24) is 19.3 Å². The number of nitrogens with zero attached hydrogens (tertiary/aromatic N) is 4. The Morgan fingerprint density at radius 3 is 1.98 bits per heavy atom. The van der Waals surface area contributed by atoms with Crippen LogP contribution in [0.2, 0.25) is 0 Å². The van der Waals surface area contributed by atoms with Gasteiger partial charge in [-0.25, -0.2) is 26.9 Å². The molecule has 0 aliphatic carbocycles. The first kappa shape index (κ1) is 36.9. The van der Waals surface area contributed by atoms with Crippen LogP contribution in [0.15, 0.2) is 72.9 Å². The van der Waals surface area contributed by atoms with Crippen LogP contribution in [0.3, 0.4) is 0 Å². The maximum atomic E-state index is 15.5. The summed E-state index contributed by atoms with van der Waals surface area (Å²) >= 11 is 0. The Morgan fingerprint density at radius 2 is 1.33 bits per heavy atom. The Kier molecular flexibility index (Phi) is 9.44. The van der Waals surface area contributed by atoms with Gasteiger partial charge in [-0.1, -0.05) is 65.3 Å². The molecule has 268 valence electrons. The van der Waals surface area contributed by atoms with Crippen molar-refractivity contribution in [1.29, 1.82) is 0 Å². The number of hydrogen-bond donors (Lipinski definition) is 0. The second-order valence-electron chi connectivity index (χ2n) is 14.6. The van der Waals surface area contributed by atoms with Crippen molar-refractivity contribution in [3.8, 4) is 34.1 Å². The number of rotatable bonds is 5. The van der Waals surface area contributed by atoms with Crippen molar-refractivity contribution >= 4 is 21.8 Å². The molecule has 0 aliphatic heterocycles. The molecule has 0 amide bonds. The maximum Gasteiger partial charge on any atom is 2.00 e. The molecule has 0 fully saturated rings. The summed E-state index contributed by atoms with van der Waals surface area (Å²) in [5.41, 5.74) is 0.510. The van der Waals surface area contributed by atoms with Crippen molar-refractivity contribution < 1.29 is 47.1 Å². The van der Waals surface area contributed by atoms with Crippen molar-refractivity contribution in [3.05, 3.63) is 131 Å². The van der Waals surface area contributed by atoms with E-state index in [1.807, 2.05) is 54.0 Å². The summed E-state index contributed by atoms with van der Waals surface area (Å²) in [5, 5.41) is 6.75. The van der Waals surface area contributed by atoms with E-state index in [4.69, 9.17) is 9.84 Å². The van der Waals surface area contributed by atoms with E-state index in [0.717, 1.165) is 33.2 Å². The monoisotopic (exact) mass is 798 g/mol. The van der Waals surface area contributed by atoms with Crippen LogP contribution in [0.1, 0.15) is 58.5 Å². The fourth-order valence-electron chi connectivity index (χ4n) is 6.42. The van der Waals surface area contributed by atoms with Crippen LogP contribution >= 0.6 is 0 Å². The van der Waals surface area contributed by atoms with Crippen molar-refractivity contribution in [2.45, 2.75) is 59.3 Å². The molecule has 7 rings (SSSR count). The van der Waals surface area contributed by atoms with Gasteiger partial charge in [0.25, 0.3) is 0 Å². The smallest absolute Gasteiger partial charge is 0.509 e. The number of benzene rings is 4. The normalized spacial score (nSPS) is 12.1. The van der Waals surface area contributed by atoms with Crippen molar-refractivity contribution in [2.24, 2.45) is 0 Å². The third-order valence-corrected chi connectivity index (χ3v) is 8.65. The van der Waals surface area contributed by atoms with Gasteiger partial charge in [0.15, 0.2) is 23.3 Å². The van der Waals surface area contributed by atoms with Crippen molar-refractivity contribution in [2.75, 3.05) is 0 Å². The Hall–Kier alpha value is -4.85. The second kappa shape index (κ2) is 13.3. The Balaban J connectivity index is 0.00000464. The summed E-state index contributed by atoms with van der Waals surface area (Å²) in [6.45, 7) is 12.6. The molecule has 3 aromatic heterocycles. The molecule has 0 saturated heterocycles. The minimum Gasteiger partial charge on any atom is -0.509 e. The first-order valence-electron chi connectivity index (χ1n) is 16.3. The number of para-hydroxylation sites is 1. The van der Waals surface area contributed by atoms with E-state index >= 15 is 8.78 Å². The molecule has 0 saturated carbocycles. The Labute approximate surface area is 311 Å². The van der Waals surface area contributed by atoms with Crippen LogP contribution in [0.5, 0.6) is 11.5 Å². The van der Waals surface area contributed by atoms with Gasteiger partial charge in [0.2, 0.25) is 5.82 Å². The molecule has 52 heavy (non-hydrogen) atoms. The Bertz CT molecular complexity index is 2480. The van der Waals surface area contributed by atoms with Gasteiger partial charge in [0.05, 0.1) is 17.0 Å². The number of aromatic nitrogens is 4. The molecule has 11 heteroatoms. The summed E-state index contributed by atoms with van der Waals surface area (Å²) in [6.07, 6.45) is 1.76. The summed E-state index contributed by atoms with van der Waals surface area (Å²) < 4.78 is 84.1. The van der Waals surface area contributed by atoms with E-state index < -0.39 is 45.5 Å². The van der Waals surface area contributed by atoms with E-state index in [9.17, 15) is 13.2 Å². The molecule has 0 atom stereocenters. The van der Waals surface area contributed by atoms with Crippen LogP contribution in [0.25, 0.3) is 44.4 Å². The molecule has 0 radical (unpaired) electrons. The molecule has 3 heterocycles. The number of ether oxygens (including phenoxy) is 1. The summed E-state index contributed by atoms with van der Waals surface area (Å²) in [7, 11) is 0. The average molecular weight is 799 g/mol. The minimum atomic E-state index is -2.22. The summed E-state index contributed by atoms with van der Waals surface area (Å²) in [5.74, 6) is -8.71. The van der Waals surface area contributed by atoms with E-state index in [1.54, 1.807) is 72.0 Å².